The number of esters is 1. The molecule has 0 aliphatic carbocycles. The Balaban J connectivity index is 1.65. The fourth-order valence-corrected chi connectivity index (χ4v) is 8.20. The van der Waals surface area contributed by atoms with E-state index >= 15 is 0 Å². The number of rotatable bonds is 5. The zero-order valence-corrected chi connectivity index (χ0v) is 18.0. The van der Waals surface area contributed by atoms with E-state index in [0.29, 0.717) is 19.6 Å². The zero-order chi connectivity index (χ0) is 19.7. The summed E-state index contributed by atoms with van der Waals surface area (Å²) in [6.07, 6.45) is 0.971. The van der Waals surface area contributed by atoms with Gasteiger partial charge in [-0.05, 0) is 18.9 Å². The van der Waals surface area contributed by atoms with Gasteiger partial charge in [-0.3, -0.25) is 4.79 Å². The van der Waals surface area contributed by atoms with E-state index in [1.165, 1.54) is 0 Å². The lowest BCUT2D eigenvalue weighted by atomic mass is 9.78. The van der Waals surface area contributed by atoms with Gasteiger partial charge in [0.25, 0.3) is 0 Å². The van der Waals surface area contributed by atoms with Crippen LogP contribution in [0.25, 0.3) is 0 Å². The highest BCUT2D eigenvalue weighted by Crippen LogP contribution is 2.57. The highest BCUT2D eigenvalue weighted by atomic mass is 32.2. The van der Waals surface area contributed by atoms with Crippen molar-refractivity contribution in [3.8, 4) is 0 Å². The van der Waals surface area contributed by atoms with Crippen LogP contribution in [0.1, 0.15) is 38.3 Å². The number of amides is 1. The molecule has 3 heterocycles. The maximum absolute atomic E-state index is 13.3. The molecule has 4 unspecified atom stereocenters. The lowest BCUT2D eigenvalue weighted by Crippen LogP contribution is -2.56. The molecular weight excluding hydrogens is 394 g/mol. The number of benzene rings is 1. The van der Waals surface area contributed by atoms with E-state index in [1.54, 1.807) is 23.5 Å². The summed E-state index contributed by atoms with van der Waals surface area (Å²) >= 11 is 3.32. The quantitative estimate of drug-likeness (QED) is 0.676. The van der Waals surface area contributed by atoms with Crippen LogP contribution in [0.15, 0.2) is 30.3 Å². The molecule has 5 nitrogen and oxygen atoms in total. The molecule has 3 aliphatic rings. The number of nitrogens with zero attached hydrogens (tertiary/aromatic N) is 1. The second-order valence-electron chi connectivity index (χ2n) is 7.42. The summed E-state index contributed by atoms with van der Waals surface area (Å²) < 4.78 is 11.0. The molecule has 0 N–H and O–H groups in total. The van der Waals surface area contributed by atoms with Crippen molar-refractivity contribution in [1.82, 2.24) is 4.90 Å². The van der Waals surface area contributed by atoms with E-state index in [4.69, 9.17) is 9.47 Å². The van der Waals surface area contributed by atoms with Crippen LogP contribution in [0, 0.1) is 11.8 Å². The number of piperidine rings is 1. The summed E-state index contributed by atoms with van der Waals surface area (Å²) in [5.41, 5.74) is 1.11. The predicted molar refractivity (Wildman–Crippen MR) is 112 cm³/mol. The summed E-state index contributed by atoms with van der Waals surface area (Å²) in [6, 6.07) is 10.0. The monoisotopic (exact) mass is 421 g/mol. The van der Waals surface area contributed by atoms with Crippen LogP contribution in [0.5, 0.6) is 0 Å². The number of thioether (sulfide) groups is 2. The maximum atomic E-state index is 13.3. The van der Waals surface area contributed by atoms with E-state index in [-0.39, 0.29) is 36.0 Å². The third-order valence-electron chi connectivity index (χ3n) is 6.02. The molecule has 0 radical (unpaired) electrons. The SMILES string of the molecule is CCOC(=O)C1(C2CC(=O)N3C(c4ccccc4)COC3C2CC)SCCS1. The molecule has 4 atom stereocenters. The Kier molecular flexibility index (Phi) is 5.95. The molecule has 0 bridgehead atoms. The number of carbonyl (C=O) groups excluding carboxylic acids is 2. The van der Waals surface area contributed by atoms with Gasteiger partial charge in [0.15, 0.2) is 4.08 Å². The van der Waals surface area contributed by atoms with E-state index < -0.39 is 4.08 Å². The molecule has 4 rings (SSSR count). The third kappa shape index (κ3) is 3.25. The number of hydrogen-bond donors (Lipinski definition) is 0. The molecular formula is C21H27NO4S2. The normalized spacial score (nSPS) is 31.6. The summed E-state index contributed by atoms with van der Waals surface area (Å²) in [6.45, 7) is 4.84. The molecule has 1 aromatic rings. The van der Waals surface area contributed by atoms with Crippen LogP contribution in [0.4, 0.5) is 0 Å². The van der Waals surface area contributed by atoms with Crippen molar-refractivity contribution in [2.45, 2.75) is 43.0 Å². The maximum Gasteiger partial charge on any atom is 0.332 e. The van der Waals surface area contributed by atoms with Crippen LogP contribution >= 0.6 is 23.5 Å². The third-order valence-corrected chi connectivity index (χ3v) is 9.60. The molecule has 3 aliphatic heterocycles. The van der Waals surface area contributed by atoms with Gasteiger partial charge in [-0.25, -0.2) is 4.79 Å². The lowest BCUT2D eigenvalue weighted by Gasteiger charge is -2.47. The fourth-order valence-electron chi connectivity index (χ4n) is 4.79. The summed E-state index contributed by atoms with van der Waals surface area (Å²) in [7, 11) is 0. The van der Waals surface area contributed by atoms with Crippen LogP contribution in [-0.4, -0.2) is 51.8 Å². The number of ether oxygens (including phenoxy) is 2. The Labute approximate surface area is 174 Å². The average molecular weight is 422 g/mol. The molecule has 0 spiro atoms. The van der Waals surface area contributed by atoms with Crippen molar-refractivity contribution < 1.29 is 19.1 Å². The number of fused-ring (bicyclic) bond motifs is 1. The lowest BCUT2D eigenvalue weighted by molar-refractivity contribution is -0.157. The summed E-state index contributed by atoms with van der Waals surface area (Å²) in [4.78, 5) is 28.2. The summed E-state index contributed by atoms with van der Waals surface area (Å²) in [5.74, 6) is 1.78. The first-order chi connectivity index (χ1) is 13.6. The predicted octanol–water partition coefficient (Wildman–Crippen LogP) is 3.70. The van der Waals surface area contributed by atoms with Gasteiger partial charge >= 0.3 is 5.97 Å². The van der Waals surface area contributed by atoms with Crippen molar-refractivity contribution in [2.75, 3.05) is 24.7 Å². The molecule has 0 aromatic heterocycles. The topological polar surface area (TPSA) is 55.8 Å². The first kappa shape index (κ1) is 20.1. The van der Waals surface area contributed by atoms with Crippen LogP contribution in [0.3, 0.4) is 0 Å². The van der Waals surface area contributed by atoms with Gasteiger partial charge in [0.1, 0.15) is 6.23 Å². The van der Waals surface area contributed by atoms with Crippen LogP contribution in [-0.2, 0) is 19.1 Å². The van der Waals surface area contributed by atoms with Crippen molar-refractivity contribution in [2.24, 2.45) is 11.8 Å². The fraction of sp³-hybridized carbons (Fsp3) is 0.619. The first-order valence-corrected chi connectivity index (χ1v) is 12.0. The van der Waals surface area contributed by atoms with Crippen LogP contribution in [0.2, 0.25) is 0 Å². The van der Waals surface area contributed by atoms with E-state index in [9.17, 15) is 9.59 Å². The Morgan fingerprint density at radius 2 is 1.96 bits per heavy atom. The van der Waals surface area contributed by atoms with Gasteiger partial charge < -0.3 is 14.4 Å². The first-order valence-electron chi connectivity index (χ1n) is 10.0. The molecule has 0 saturated carbocycles. The van der Waals surface area contributed by atoms with Gasteiger partial charge in [0.2, 0.25) is 5.91 Å². The Morgan fingerprint density at radius 1 is 1.25 bits per heavy atom. The van der Waals surface area contributed by atoms with Gasteiger partial charge in [0, 0.05) is 29.8 Å². The van der Waals surface area contributed by atoms with Crippen molar-refractivity contribution in [1.29, 1.82) is 0 Å². The van der Waals surface area contributed by atoms with E-state index in [0.717, 1.165) is 23.5 Å². The average Bonchev–Trinajstić information content (AvgIpc) is 3.37. The molecule has 1 aromatic carbocycles. The van der Waals surface area contributed by atoms with Gasteiger partial charge in [0.05, 0.1) is 19.3 Å². The van der Waals surface area contributed by atoms with Crippen molar-refractivity contribution >= 4 is 35.4 Å². The number of hydrogen-bond acceptors (Lipinski definition) is 6. The minimum Gasteiger partial charge on any atom is -0.464 e. The second-order valence-corrected chi connectivity index (χ2v) is 10.4. The van der Waals surface area contributed by atoms with Crippen molar-refractivity contribution in [3.63, 3.8) is 0 Å². The molecule has 7 heteroatoms. The molecule has 152 valence electrons. The number of carbonyl (C=O) groups is 2. The second kappa shape index (κ2) is 8.28. The minimum atomic E-state index is -0.688. The minimum absolute atomic E-state index is 0.0453. The molecule has 1 amide bonds. The molecule has 3 fully saturated rings. The van der Waals surface area contributed by atoms with Gasteiger partial charge in [-0.1, -0.05) is 37.3 Å². The van der Waals surface area contributed by atoms with Gasteiger partial charge in [-0.2, -0.15) is 0 Å². The van der Waals surface area contributed by atoms with Crippen LogP contribution < -0.4 is 0 Å². The summed E-state index contributed by atoms with van der Waals surface area (Å²) in [5, 5.41) is 0. The standard InChI is InChI=1S/C21H27NO4S2/c1-3-15-16(21(20(24)25-4-2)27-10-11-28-21)12-18(23)22-17(13-26-19(15)22)14-8-6-5-7-9-14/h5-9,15-17,19H,3-4,10-13H2,1-2H3. The van der Waals surface area contributed by atoms with Gasteiger partial charge in [-0.15, -0.1) is 23.5 Å². The highest BCUT2D eigenvalue weighted by molar-refractivity contribution is 8.22. The Morgan fingerprint density at radius 3 is 2.61 bits per heavy atom. The smallest absolute Gasteiger partial charge is 0.332 e. The van der Waals surface area contributed by atoms with E-state index in [2.05, 4.69) is 19.1 Å². The van der Waals surface area contributed by atoms with Crippen molar-refractivity contribution in [3.05, 3.63) is 35.9 Å². The zero-order valence-electron chi connectivity index (χ0n) is 16.3. The Bertz CT molecular complexity index is 722. The highest BCUT2D eigenvalue weighted by Gasteiger charge is 2.60. The van der Waals surface area contributed by atoms with E-state index in [1.807, 2.05) is 30.0 Å². The largest absolute Gasteiger partial charge is 0.464 e. The Hall–Kier alpha value is -1.18. The molecule has 28 heavy (non-hydrogen) atoms. The molecule has 3 saturated heterocycles.